The van der Waals surface area contributed by atoms with E-state index in [1.807, 2.05) is 0 Å². The Balaban J connectivity index is 1.52. The van der Waals surface area contributed by atoms with Crippen molar-refractivity contribution in [1.82, 2.24) is 20.9 Å². The molecule has 1 aliphatic rings. The maximum atomic E-state index is 13.4. The van der Waals surface area contributed by atoms with Gasteiger partial charge < -0.3 is 36.5 Å². The van der Waals surface area contributed by atoms with Gasteiger partial charge in [-0.15, -0.1) is 4.91 Å². The van der Waals surface area contributed by atoms with E-state index in [1.54, 1.807) is 38.1 Å². The number of amides is 7. The lowest BCUT2D eigenvalue weighted by atomic mass is 10.0. The third kappa shape index (κ3) is 13.6. The minimum absolute atomic E-state index is 0.121. The highest BCUT2D eigenvalue weighted by molar-refractivity contribution is 6.12. The lowest BCUT2D eigenvalue weighted by Gasteiger charge is -2.25. The van der Waals surface area contributed by atoms with Crippen LogP contribution >= 0.6 is 0 Å². The lowest BCUT2D eigenvalue weighted by Crippen LogP contribution is -2.54. The Morgan fingerprint density at radius 3 is 2.13 bits per heavy atom. The Labute approximate surface area is 300 Å². The van der Waals surface area contributed by atoms with Crippen LogP contribution in [0.25, 0.3) is 0 Å². The van der Waals surface area contributed by atoms with Gasteiger partial charge in [0.2, 0.25) is 17.7 Å². The van der Waals surface area contributed by atoms with Gasteiger partial charge in [0.1, 0.15) is 30.1 Å². The number of anilines is 1. The van der Waals surface area contributed by atoms with Crippen molar-refractivity contribution in [3.8, 4) is 5.75 Å². The van der Waals surface area contributed by atoms with E-state index in [9.17, 15) is 38.5 Å². The molecule has 0 saturated carbocycles. The highest BCUT2D eigenvalue weighted by atomic mass is 16.7. The highest BCUT2D eigenvalue weighted by Gasteiger charge is 2.29. The number of carbonyl (C=O) groups excluding carboxylic acids is 7. The first kappa shape index (κ1) is 40.3. The summed E-state index contributed by atoms with van der Waals surface area (Å²) in [6.45, 7) is 3.80. The van der Waals surface area contributed by atoms with Gasteiger partial charge in [0, 0.05) is 37.3 Å². The number of nitrogens with zero attached hydrogens (tertiary/aromatic N) is 2. The molecule has 1 unspecified atom stereocenters. The molecule has 7 amide bonds. The third-order valence-electron chi connectivity index (χ3n) is 7.77. The molecular weight excluding hydrogens is 678 g/mol. The van der Waals surface area contributed by atoms with Gasteiger partial charge in [0.25, 0.3) is 11.8 Å². The van der Waals surface area contributed by atoms with Gasteiger partial charge in [-0.1, -0.05) is 32.4 Å². The summed E-state index contributed by atoms with van der Waals surface area (Å²) in [6.07, 6.45) is 3.63. The van der Waals surface area contributed by atoms with Crippen molar-refractivity contribution in [3.63, 3.8) is 0 Å². The van der Waals surface area contributed by atoms with Crippen molar-refractivity contribution in [1.29, 1.82) is 0 Å². The molecule has 0 aliphatic carbocycles. The van der Waals surface area contributed by atoms with Gasteiger partial charge in [0.15, 0.2) is 0 Å². The molecule has 0 fully saturated rings. The summed E-state index contributed by atoms with van der Waals surface area (Å²) >= 11 is 0. The Bertz CT molecular complexity index is 1610. The van der Waals surface area contributed by atoms with Crippen molar-refractivity contribution < 1.29 is 43.0 Å². The van der Waals surface area contributed by atoms with Crippen molar-refractivity contribution in [2.45, 2.75) is 71.1 Å². The molecule has 17 nitrogen and oxygen atoms in total. The Hall–Kier alpha value is -6.13. The molecule has 0 bridgehead atoms. The largest absolute Gasteiger partial charge is 0.514 e. The van der Waals surface area contributed by atoms with Gasteiger partial charge in [-0.2, -0.15) is 0 Å². The van der Waals surface area contributed by atoms with Crippen LogP contribution < -0.4 is 31.7 Å². The van der Waals surface area contributed by atoms with E-state index in [4.69, 9.17) is 15.2 Å². The first-order valence-corrected chi connectivity index (χ1v) is 16.7. The second kappa shape index (κ2) is 20.5. The smallest absolute Gasteiger partial charge is 0.429 e. The molecule has 278 valence electrons. The van der Waals surface area contributed by atoms with Gasteiger partial charge in [-0.05, 0) is 78.7 Å². The molecule has 2 atom stereocenters. The Kier molecular flexibility index (Phi) is 15.9. The molecule has 2 aromatic rings. The lowest BCUT2D eigenvalue weighted by molar-refractivity contribution is -0.137. The topological polar surface area (TPSA) is 245 Å². The van der Waals surface area contributed by atoms with Crippen LogP contribution in [0.2, 0.25) is 0 Å². The number of nitrogens with one attached hydrogen (secondary N) is 4. The van der Waals surface area contributed by atoms with Crippen LogP contribution in [0.4, 0.5) is 21.0 Å². The average molecular weight is 722 g/mol. The molecule has 17 heteroatoms. The Morgan fingerprint density at radius 2 is 1.52 bits per heavy atom. The van der Waals surface area contributed by atoms with E-state index in [0.717, 1.165) is 4.90 Å². The fourth-order valence-electron chi connectivity index (χ4n) is 4.97. The number of hydrogen-bond donors (Lipinski definition) is 5. The van der Waals surface area contributed by atoms with Crippen LogP contribution in [0.5, 0.6) is 5.75 Å². The molecule has 0 spiro atoms. The van der Waals surface area contributed by atoms with Crippen LogP contribution in [0.15, 0.2) is 65.9 Å². The molecule has 52 heavy (non-hydrogen) atoms. The number of carbonyl (C=O) groups is 7. The number of benzene rings is 2. The van der Waals surface area contributed by atoms with Gasteiger partial charge in [-0.25, -0.2) is 9.59 Å². The predicted molar refractivity (Wildman–Crippen MR) is 188 cm³/mol. The number of hydrogen-bond acceptors (Lipinski definition) is 11. The average Bonchev–Trinajstić information content (AvgIpc) is 3.43. The monoisotopic (exact) mass is 721 g/mol. The third-order valence-corrected chi connectivity index (χ3v) is 7.77. The van der Waals surface area contributed by atoms with Gasteiger partial charge >= 0.3 is 12.2 Å². The minimum Gasteiger partial charge on any atom is -0.429 e. The predicted octanol–water partition coefficient (Wildman–Crippen LogP) is 3.30. The van der Waals surface area contributed by atoms with Crippen molar-refractivity contribution in [3.05, 3.63) is 71.2 Å². The number of nitrogens with two attached hydrogens (primary N) is 1. The van der Waals surface area contributed by atoms with E-state index in [-0.39, 0.29) is 67.6 Å². The summed E-state index contributed by atoms with van der Waals surface area (Å²) in [4.78, 5) is 97.7. The zero-order chi connectivity index (χ0) is 38.0. The molecule has 3 rings (SSSR count). The van der Waals surface area contributed by atoms with E-state index in [0.29, 0.717) is 36.9 Å². The van der Waals surface area contributed by atoms with E-state index in [1.165, 1.54) is 36.4 Å². The SMILES string of the molecule is CC(C)C(NC(=O)CCCCCN1C(=O)C=CC1=O)C(=O)N[C@@H](CCCNC(N)=O)C(=O)Nc1ccc(COC(=O)Oc2ccc(N=O)cc2)cc1. The summed E-state index contributed by atoms with van der Waals surface area (Å²) in [5, 5.41) is 13.4. The number of primary amides is 1. The maximum Gasteiger partial charge on any atom is 0.514 e. The Morgan fingerprint density at radius 1 is 0.846 bits per heavy atom. The summed E-state index contributed by atoms with van der Waals surface area (Å²) < 4.78 is 10.2. The molecule has 1 aliphatic heterocycles. The van der Waals surface area contributed by atoms with Crippen LogP contribution in [0, 0.1) is 10.8 Å². The number of rotatable bonds is 20. The number of nitroso groups, excluding NO2 is 1. The van der Waals surface area contributed by atoms with E-state index < -0.39 is 36.1 Å². The second-order valence-electron chi connectivity index (χ2n) is 12.2. The number of urea groups is 1. The summed E-state index contributed by atoms with van der Waals surface area (Å²) in [5.41, 5.74) is 6.29. The standard InChI is InChI=1S/C35H43N7O10/c1-22(2)31(40-28(43)8-4-3-5-20-42-29(44)17-18-30(42)45)33(47)39-27(7-6-19-37-34(36)48)32(46)38-24-11-9-23(10-12-24)21-51-35(49)52-26-15-13-25(41-50)14-16-26/h9-18,22,27,31H,3-8,19-21H2,1-2H3,(H,38,46)(H,39,47)(H,40,43)(H3,36,37,48)/t27-,31?/m0/s1. The normalized spacial score (nSPS) is 13.2. The second-order valence-corrected chi connectivity index (χ2v) is 12.2. The zero-order valence-corrected chi connectivity index (χ0v) is 28.9. The zero-order valence-electron chi connectivity index (χ0n) is 28.9. The maximum absolute atomic E-state index is 13.4. The molecule has 0 saturated heterocycles. The minimum atomic E-state index is -1.04. The van der Waals surface area contributed by atoms with Crippen molar-refractivity contribution in [2.75, 3.05) is 18.4 Å². The molecule has 2 aromatic carbocycles. The van der Waals surface area contributed by atoms with Crippen molar-refractivity contribution in [2.24, 2.45) is 16.8 Å². The van der Waals surface area contributed by atoms with Gasteiger partial charge in [0.05, 0.1) is 0 Å². The van der Waals surface area contributed by atoms with Crippen LogP contribution in [-0.2, 0) is 35.3 Å². The van der Waals surface area contributed by atoms with E-state index >= 15 is 0 Å². The molecule has 1 heterocycles. The fraction of sp³-hybridized carbons (Fsp3) is 0.400. The fourth-order valence-corrected chi connectivity index (χ4v) is 4.97. The molecule has 0 radical (unpaired) electrons. The first-order chi connectivity index (χ1) is 24.9. The molecular formula is C35H43N7O10. The van der Waals surface area contributed by atoms with Crippen LogP contribution in [-0.4, -0.2) is 71.8 Å². The number of imide groups is 1. The number of unbranched alkanes of at least 4 members (excludes halogenated alkanes) is 2. The molecule has 0 aromatic heterocycles. The van der Waals surface area contributed by atoms with Crippen LogP contribution in [0.3, 0.4) is 0 Å². The summed E-state index contributed by atoms with van der Waals surface area (Å²) in [6, 6.07) is 9.23. The quantitative estimate of drug-likeness (QED) is 0.0439. The highest BCUT2D eigenvalue weighted by Crippen LogP contribution is 2.19. The number of ether oxygens (including phenoxy) is 2. The van der Waals surface area contributed by atoms with E-state index in [2.05, 4.69) is 26.4 Å². The summed E-state index contributed by atoms with van der Waals surface area (Å²) in [7, 11) is 0. The van der Waals surface area contributed by atoms with Crippen molar-refractivity contribution >= 4 is 53.1 Å². The summed E-state index contributed by atoms with van der Waals surface area (Å²) in [5.74, 6) is -2.34. The first-order valence-electron chi connectivity index (χ1n) is 16.7. The van der Waals surface area contributed by atoms with Crippen LogP contribution in [0.1, 0.15) is 57.9 Å². The van der Waals surface area contributed by atoms with Gasteiger partial charge in [-0.3, -0.25) is 28.9 Å². The molecule has 6 N–H and O–H groups in total.